The first-order chi connectivity index (χ1) is 6.70. The van der Waals surface area contributed by atoms with E-state index in [-0.39, 0.29) is 11.3 Å². The molecule has 2 aromatic rings. The van der Waals surface area contributed by atoms with Crippen molar-refractivity contribution in [3.8, 4) is 5.75 Å². The van der Waals surface area contributed by atoms with Crippen molar-refractivity contribution in [1.82, 2.24) is 0 Å². The van der Waals surface area contributed by atoms with Crippen molar-refractivity contribution in [2.45, 2.75) is 6.43 Å². The van der Waals surface area contributed by atoms with Gasteiger partial charge in [0.25, 0.3) is 6.43 Å². The predicted molar refractivity (Wildman–Crippen MR) is 50.6 cm³/mol. The molecule has 14 heavy (non-hydrogen) atoms. The summed E-state index contributed by atoms with van der Waals surface area (Å²) in [6.07, 6.45) is -2.51. The normalized spacial score (nSPS) is 11.1. The van der Waals surface area contributed by atoms with Gasteiger partial charge < -0.3 is 5.11 Å². The highest BCUT2D eigenvalue weighted by atomic mass is 19.3. The first-order valence-corrected chi connectivity index (χ1v) is 4.19. The van der Waals surface area contributed by atoms with Gasteiger partial charge in [-0.3, -0.25) is 0 Å². The smallest absolute Gasteiger partial charge is 0.264 e. The van der Waals surface area contributed by atoms with E-state index < -0.39 is 6.43 Å². The molecule has 0 unspecified atom stereocenters. The summed E-state index contributed by atoms with van der Waals surface area (Å²) in [5.41, 5.74) is -0.0431. The van der Waals surface area contributed by atoms with Gasteiger partial charge in [0, 0.05) is 10.9 Å². The highest BCUT2D eigenvalue weighted by molar-refractivity contribution is 5.90. The quantitative estimate of drug-likeness (QED) is 0.736. The van der Waals surface area contributed by atoms with Gasteiger partial charge in [0.1, 0.15) is 5.75 Å². The Balaban J connectivity index is 2.81. The fourth-order valence-electron chi connectivity index (χ4n) is 1.51. The molecule has 0 radical (unpaired) electrons. The summed E-state index contributed by atoms with van der Waals surface area (Å²) in [5.74, 6) is 0.0324. The maximum atomic E-state index is 12.5. The molecule has 1 N–H and O–H groups in total. The number of fused-ring (bicyclic) bond motifs is 1. The molecular weight excluding hydrogens is 186 g/mol. The number of halogens is 2. The minimum absolute atomic E-state index is 0.0324. The molecule has 0 spiro atoms. The average molecular weight is 194 g/mol. The Hall–Kier alpha value is -1.64. The Labute approximate surface area is 79.6 Å². The number of hydrogen-bond acceptors (Lipinski definition) is 1. The van der Waals surface area contributed by atoms with Crippen molar-refractivity contribution < 1.29 is 13.9 Å². The van der Waals surface area contributed by atoms with Crippen molar-refractivity contribution in [2.24, 2.45) is 0 Å². The van der Waals surface area contributed by atoms with Gasteiger partial charge in [-0.05, 0) is 11.5 Å². The topological polar surface area (TPSA) is 20.2 Å². The Morgan fingerprint density at radius 1 is 0.929 bits per heavy atom. The number of hydrogen-bond donors (Lipinski definition) is 1. The van der Waals surface area contributed by atoms with E-state index in [1.165, 1.54) is 18.2 Å². The second-order valence-electron chi connectivity index (χ2n) is 3.02. The Kier molecular flexibility index (Phi) is 2.08. The second-order valence-corrected chi connectivity index (χ2v) is 3.02. The molecule has 0 saturated heterocycles. The molecular formula is C11H8F2O. The highest BCUT2D eigenvalue weighted by Gasteiger charge is 2.11. The van der Waals surface area contributed by atoms with Crippen LogP contribution in [0.2, 0.25) is 0 Å². The number of phenolic OH excluding ortho intramolecular Hbond substituents is 1. The predicted octanol–water partition coefficient (Wildman–Crippen LogP) is 3.48. The van der Waals surface area contributed by atoms with Crippen LogP contribution >= 0.6 is 0 Å². The van der Waals surface area contributed by atoms with E-state index in [2.05, 4.69) is 0 Å². The van der Waals surface area contributed by atoms with Crippen molar-refractivity contribution >= 4 is 10.8 Å². The first-order valence-electron chi connectivity index (χ1n) is 4.19. The number of benzene rings is 2. The number of rotatable bonds is 1. The average Bonchev–Trinajstić information content (AvgIpc) is 2.17. The van der Waals surface area contributed by atoms with Crippen LogP contribution < -0.4 is 0 Å². The minimum atomic E-state index is -2.51. The van der Waals surface area contributed by atoms with E-state index >= 15 is 0 Å². The number of phenols is 1. The molecule has 0 heterocycles. The lowest BCUT2D eigenvalue weighted by Crippen LogP contribution is -1.86. The Morgan fingerprint density at radius 3 is 2.29 bits per heavy atom. The van der Waals surface area contributed by atoms with Crippen molar-refractivity contribution in [3.05, 3.63) is 42.0 Å². The zero-order valence-corrected chi connectivity index (χ0v) is 7.24. The monoisotopic (exact) mass is 194 g/mol. The zero-order valence-electron chi connectivity index (χ0n) is 7.24. The SMILES string of the molecule is Oc1cccc2c(C(F)F)cccc12. The molecule has 0 saturated carbocycles. The van der Waals surface area contributed by atoms with Crippen molar-refractivity contribution in [1.29, 1.82) is 0 Å². The van der Waals surface area contributed by atoms with Gasteiger partial charge in [-0.25, -0.2) is 8.78 Å². The van der Waals surface area contributed by atoms with E-state index in [0.717, 1.165) is 0 Å². The van der Waals surface area contributed by atoms with Gasteiger partial charge in [-0.1, -0.05) is 30.3 Å². The van der Waals surface area contributed by atoms with E-state index in [9.17, 15) is 13.9 Å². The lowest BCUT2D eigenvalue weighted by molar-refractivity contribution is 0.153. The summed E-state index contributed by atoms with van der Waals surface area (Å²) in [6, 6.07) is 9.13. The number of aromatic hydroxyl groups is 1. The first kappa shape index (κ1) is 8.94. The van der Waals surface area contributed by atoms with E-state index in [4.69, 9.17) is 0 Å². The highest BCUT2D eigenvalue weighted by Crippen LogP contribution is 2.31. The van der Waals surface area contributed by atoms with Crippen LogP contribution in [-0.2, 0) is 0 Å². The molecule has 2 aromatic carbocycles. The van der Waals surface area contributed by atoms with Crippen LogP contribution in [0, 0.1) is 0 Å². The number of alkyl halides is 2. The zero-order chi connectivity index (χ0) is 10.1. The van der Waals surface area contributed by atoms with Crippen molar-refractivity contribution in [3.63, 3.8) is 0 Å². The molecule has 72 valence electrons. The van der Waals surface area contributed by atoms with Crippen molar-refractivity contribution in [2.75, 3.05) is 0 Å². The van der Waals surface area contributed by atoms with Gasteiger partial charge in [0.2, 0.25) is 0 Å². The molecule has 0 amide bonds. The molecule has 3 heteroatoms. The van der Waals surface area contributed by atoms with Gasteiger partial charge in [-0.2, -0.15) is 0 Å². The summed E-state index contributed by atoms with van der Waals surface area (Å²) < 4.78 is 25.1. The van der Waals surface area contributed by atoms with Crippen LogP contribution in [0.4, 0.5) is 8.78 Å². The van der Waals surface area contributed by atoms with Crippen LogP contribution in [-0.4, -0.2) is 5.11 Å². The second kappa shape index (κ2) is 3.25. The lowest BCUT2D eigenvalue weighted by atomic mass is 10.0. The lowest BCUT2D eigenvalue weighted by Gasteiger charge is -2.06. The summed E-state index contributed by atoms with van der Waals surface area (Å²) in [5, 5.41) is 10.3. The maximum absolute atomic E-state index is 12.5. The Morgan fingerprint density at radius 2 is 1.57 bits per heavy atom. The van der Waals surface area contributed by atoms with E-state index in [1.54, 1.807) is 18.2 Å². The summed E-state index contributed by atoms with van der Waals surface area (Å²) in [6.45, 7) is 0. The van der Waals surface area contributed by atoms with Gasteiger partial charge in [0.15, 0.2) is 0 Å². The third-order valence-electron chi connectivity index (χ3n) is 2.17. The molecule has 0 bridgehead atoms. The summed E-state index contributed by atoms with van der Waals surface area (Å²) in [4.78, 5) is 0. The van der Waals surface area contributed by atoms with Gasteiger partial charge in [-0.15, -0.1) is 0 Å². The molecule has 0 aliphatic carbocycles. The fraction of sp³-hybridized carbons (Fsp3) is 0.0909. The molecule has 0 aliphatic heterocycles. The molecule has 0 fully saturated rings. The molecule has 0 atom stereocenters. The van der Waals surface area contributed by atoms with Crippen LogP contribution in [0.3, 0.4) is 0 Å². The van der Waals surface area contributed by atoms with E-state index in [1.807, 2.05) is 0 Å². The third kappa shape index (κ3) is 1.31. The van der Waals surface area contributed by atoms with Crippen LogP contribution in [0.5, 0.6) is 5.75 Å². The Bertz CT molecular complexity index is 466. The van der Waals surface area contributed by atoms with Gasteiger partial charge >= 0.3 is 0 Å². The fourth-order valence-corrected chi connectivity index (χ4v) is 1.51. The summed E-state index contributed by atoms with van der Waals surface area (Å²) in [7, 11) is 0. The molecule has 0 aromatic heterocycles. The molecule has 1 nitrogen and oxygen atoms in total. The van der Waals surface area contributed by atoms with Gasteiger partial charge in [0.05, 0.1) is 0 Å². The summed E-state index contributed by atoms with van der Waals surface area (Å²) >= 11 is 0. The van der Waals surface area contributed by atoms with Crippen LogP contribution in [0.1, 0.15) is 12.0 Å². The molecule has 0 aliphatic rings. The molecule has 2 rings (SSSR count). The van der Waals surface area contributed by atoms with Crippen LogP contribution in [0.25, 0.3) is 10.8 Å². The third-order valence-corrected chi connectivity index (χ3v) is 2.17. The van der Waals surface area contributed by atoms with E-state index in [0.29, 0.717) is 10.8 Å². The minimum Gasteiger partial charge on any atom is -0.507 e. The van der Waals surface area contributed by atoms with Crippen LogP contribution in [0.15, 0.2) is 36.4 Å². The standard InChI is InChI=1S/C11H8F2O/c12-11(13)9-5-1-4-8-7(9)3-2-6-10(8)14/h1-6,11,14H. The largest absolute Gasteiger partial charge is 0.507 e. The maximum Gasteiger partial charge on any atom is 0.264 e.